The summed E-state index contributed by atoms with van der Waals surface area (Å²) in [7, 11) is 3.05. The molecule has 0 saturated heterocycles. The number of hydrogen-bond donors (Lipinski definition) is 3. The lowest BCUT2D eigenvalue weighted by atomic mass is 9.91. The number of amides is 1. The fourth-order valence-electron chi connectivity index (χ4n) is 3.38. The van der Waals surface area contributed by atoms with Crippen LogP contribution < -0.4 is 15.6 Å². The standard InChI is InChI=1S/C24H30BrN3O6/c1-31-21(32-2)15-26-28-23(30)24(14-18-6-3-4-7-20(18)25)16-34-22(27-24)17-8-10-19(11-9-17)33-13-5-12-29/h3-4,6-11,21,26,29H,5,12-16H2,1-2H3,(H,28,30)/t24-/m0/s1. The van der Waals surface area contributed by atoms with Gasteiger partial charge in [0.1, 0.15) is 12.4 Å². The van der Waals surface area contributed by atoms with Crippen molar-refractivity contribution in [2.24, 2.45) is 4.99 Å². The number of methoxy groups -OCH3 is 2. The van der Waals surface area contributed by atoms with E-state index in [1.807, 2.05) is 48.5 Å². The van der Waals surface area contributed by atoms with Gasteiger partial charge in [0.2, 0.25) is 5.90 Å². The van der Waals surface area contributed by atoms with Crippen LogP contribution in [0, 0.1) is 0 Å². The minimum absolute atomic E-state index is 0.0802. The quantitative estimate of drug-likeness (QED) is 0.205. The normalized spacial score (nSPS) is 17.4. The fourth-order valence-corrected chi connectivity index (χ4v) is 3.81. The highest BCUT2D eigenvalue weighted by Gasteiger charge is 2.45. The predicted octanol–water partition coefficient (Wildman–Crippen LogP) is 2.21. The van der Waals surface area contributed by atoms with Gasteiger partial charge < -0.3 is 24.1 Å². The van der Waals surface area contributed by atoms with Crippen LogP contribution in [0.5, 0.6) is 5.75 Å². The summed E-state index contributed by atoms with van der Waals surface area (Å²) in [5.41, 5.74) is 6.08. The number of carbonyl (C=O) groups excluding carboxylic acids is 1. The molecular formula is C24H30BrN3O6. The lowest BCUT2D eigenvalue weighted by Gasteiger charge is -2.24. The van der Waals surface area contributed by atoms with Gasteiger partial charge in [0.15, 0.2) is 11.8 Å². The smallest absolute Gasteiger partial charge is 0.266 e. The highest BCUT2D eigenvalue weighted by atomic mass is 79.9. The van der Waals surface area contributed by atoms with E-state index in [9.17, 15) is 4.79 Å². The molecule has 3 N–H and O–H groups in total. The number of aliphatic hydroxyl groups is 1. The van der Waals surface area contributed by atoms with Crippen LogP contribution in [0.1, 0.15) is 17.5 Å². The molecule has 1 heterocycles. The van der Waals surface area contributed by atoms with Crippen LogP contribution >= 0.6 is 15.9 Å². The second-order valence-corrected chi connectivity index (χ2v) is 8.55. The average molecular weight is 536 g/mol. The number of rotatable bonds is 13. The molecule has 0 saturated carbocycles. The molecule has 3 rings (SSSR count). The second kappa shape index (κ2) is 12.8. The number of aliphatic imine (C=N–C) groups is 1. The van der Waals surface area contributed by atoms with Gasteiger partial charge in [0, 0.05) is 43.7 Å². The third-order valence-electron chi connectivity index (χ3n) is 5.30. The Labute approximate surface area is 207 Å². The van der Waals surface area contributed by atoms with Crippen molar-refractivity contribution in [3.8, 4) is 5.75 Å². The second-order valence-electron chi connectivity index (χ2n) is 7.69. The van der Waals surface area contributed by atoms with Crippen molar-refractivity contribution in [1.82, 2.24) is 10.9 Å². The Morgan fingerprint density at radius 3 is 2.62 bits per heavy atom. The zero-order valence-corrected chi connectivity index (χ0v) is 20.8. The summed E-state index contributed by atoms with van der Waals surface area (Å²) in [6.45, 7) is 0.863. The van der Waals surface area contributed by atoms with Crippen molar-refractivity contribution < 1.29 is 28.8 Å². The molecule has 0 spiro atoms. The molecule has 1 atom stereocenters. The molecule has 10 heteroatoms. The van der Waals surface area contributed by atoms with Crippen molar-refractivity contribution >= 4 is 27.7 Å². The molecule has 9 nitrogen and oxygen atoms in total. The maximum atomic E-state index is 13.3. The molecular weight excluding hydrogens is 506 g/mol. The van der Waals surface area contributed by atoms with Crippen LogP contribution in [0.25, 0.3) is 0 Å². The zero-order valence-electron chi connectivity index (χ0n) is 19.3. The first-order valence-corrected chi connectivity index (χ1v) is 11.7. The van der Waals surface area contributed by atoms with E-state index in [1.165, 1.54) is 14.2 Å². The Hall–Kier alpha value is -2.50. The van der Waals surface area contributed by atoms with E-state index in [4.69, 9.17) is 29.0 Å². The minimum atomic E-state index is -1.17. The van der Waals surface area contributed by atoms with Crippen LogP contribution in [0.3, 0.4) is 0 Å². The molecule has 1 amide bonds. The van der Waals surface area contributed by atoms with E-state index in [0.29, 0.717) is 31.1 Å². The largest absolute Gasteiger partial charge is 0.494 e. The van der Waals surface area contributed by atoms with E-state index in [-0.39, 0.29) is 25.7 Å². The lowest BCUT2D eigenvalue weighted by molar-refractivity contribution is -0.129. The molecule has 0 radical (unpaired) electrons. The topological polar surface area (TPSA) is 111 Å². The number of carbonyl (C=O) groups is 1. The first-order chi connectivity index (χ1) is 16.5. The third kappa shape index (κ3) is 6.77. The number of nitrogens with one attached hydrogen (secondary N) is 2. The van der Waals surface area contributed by atoms with Gasteiger partial charge in [-0.25, -0.2) is 10.4 Å². The van der Waals surface area contributed by atoms with Crippen LogP contribution in [-0.2, 0) is 25.4 Å². The van der Waals surface area contributed by atoms with Gasteiger partial charge in [-0.3, -0.25) is 10.2 Å². The van der Waals surface area contributed by atoms with E-state index >= 15 is 0 Å². The molecule has 2 aromatic carbocycles. The van der Waals surface area contributed by atoms with Gasteiger partial charge in [-0.05, 0) is 35.9 Å². The summed E-state index contributed by atoms with van der Waals surface area (Å²) >= 11 is 3.56. The number of aliphatic hydroxyl groups excluding tert-OH is 1. The molecule has 1 aliphatic rings. The Morgan fingerprint density at radius 2 is 1.94 bits per heavy atom. The van der Waals surface area contributed by atoms with Crippen molar-refractivity contribution in [3.63, 3.8) is 0 Å². The van der Waals surface area contributed by atoms with Crippen molar-refractivity contribution in [1.29, 1.82) is 0 Å². The maximum absolute atomic E-state index is 13.3. The maximum Gasteiger partial charge on any atom is 0.266 e. The molecule has 0 bridgehead atoms. The average Bonchev–Trinajstić information content (AvgIpc) is 3.29. The molecule has 2 aromatic rings. The summed E-state index contributed by atoms with van der Waals surface area (Å²) in [6.07, 6.45) is 0.399. The fraction of sp³-hybridized carbons (Fsp3) is 0.417. The molecule has 0 aliphatic carbocycles. The van der Waals surface area contributed by atoms with Gasteiger partial charge >= 0.3 is 0 Å². The lowest BCUT2D eigenvalue weighted by Crippen LogP contribution is -2.54. The molecule has 0 unspecified atom stereocenters. The van der Waals surface area contributed by atoms with Crippen LogP contribution in [-0.4, -0.2) is 69.3 Å². The van der Waals surface area contributed by atoms with Crippen LogP contribution in [0.15, 0.2) is 58.0 Å². The molecule has 0 fully saturated rings. The first-order valence-electron chi connectivity index (χ1n) is 10.9. The summed E-state index contributed by atoms with van der Waals surface area (Å²) in [5.74, 6) is 0.743. The number of hydrazine groups is 1. The molecule has 184 valence electrons. The van der Waals surface area contributed by atoms with Crippen molar-refractivity contribution in [3.05, 3.63) is 64.1 Å². The SMILES string of the molecule is COC(CNNC(=O)[C@]1(Cc2ccccc2Br)COC(c2ccc(OCCCO)cc2)=N1)OC. The Morgan fingerprint density at radius 1 is 1.21 bits per heavy atom. The van der Waals surface area contributed by atoms with Gasteiger partial charge in [-0.15, -0.1) is 0 Å². The van der Waals surface area contributed by atoms with Gasteiger partial charge in [0.25, 0.3) is 5.91 Å². The number of nitrogens with zero attached hydrogens (tertiary/aromatic N) is 1. The summed E-state index contributed by atoms with van der Waals surface area (Å²) in [6, 6.07) is 15.0. The Balaban J connectivity index is 1.79. The summed E-state index contributed by atoms with van der Waals surface area (Å²) < 4.78 is 22.7. The molecule has 0 aromatic heterocycles. The number of ether oxygens (including phenoxy) is 4. The number of hydrogen-bond acceptors (Lipinski definition) is 8. The first kappa shape index (κ1) is 26.1. The van der Waals surface area contributed by atoms with Gasteiger partial charge in [-0.2, -0.15) is 0 Å². The number of benzene rings is 2. The Bertz CT molecular complexity index is 967. The third-order valence-corrected chi connectivity index (χ3v) is 6.07. The predicted molar refractivity (Wildman–Crippen MR) is 131 cm³/mol. The molecule has 34 heavy (non-hydrogen) atoms. The highest BCUT2D eigenvalue weighted by molar-refractivity contribution is 9.10. The van der Waals surface area contributed by atoms with Gasteiger partial charge in [0.05, 0.1) is 13.2 Å². The van der Waals surface area contributed by atoms with Gasteiger partial charge in [-0.1, -0.05) is 34.1 Å². The monoisotopic (exact) mass is 535 g/mol. The van der Waals surface area contributed by atoms with Crippen molar-refractivity contribution in [2.75, 3.05) is 40.6 Å². The van der Waals surface area contributed by atoms with E-state index < -0.39 is 11.8 Å². The zero-order chi connectivity index (χ0) is 24.4. The van der Waals surface area contributed by atoms with E-state index in [1.54, 1.807) is 0 Å². The highest BCUT2D eigenvalue weighted by Crippen LogP contribution is 2.30. The van der Waals surface area contributed by atoms with Crippen molar-refractivity contribution in [2.45, 2.75) is 24.7 Å². The minimum Gasteiger partial charge on any atom is -0.494 e. The van der Waals surface area contributed by atoms with E-state index in [0.717, 1.165) is 15.6 Å². The molecule has 1 aliphatic heterocycles. The Kier molecular flexibility index (Phi) is 9.85. The van der Waals surface area contributed by atoms with E-state index in [2.05, 4.69) is 26.8 Å². The van der Waals surface area contributed by atoms with Crippen LogP contribution in [0.2, 0.25) is 0 Å². The summed E-state index contributed by atoms with van der Waals surface area (Å²) in [5, 5.41) is 8.89. The summed E-state index contributed by atoms with van der Waals surface area (Å²) in [4.78, 5) is 18.1. The van der Waals surface area contributed by atoms with Crippen LogP contribution in [0.4, 0.5) is 0 Å². The number of halogens is 1.